The smallest absolute Gasteiger partial charge is 0.187 e. The molecule has 0 aromatic heterocycles. The summed E-state index contributed by atoms with van der Waals surface area (Å²) in [7, 11) is 0. The topological polar surface area (TPSA) is 29.5 Å². The second-order valence-corrected chi connectivity index (χ2v) is 11.2. The van der Waals surface area contributed by atoms with Crippen LogP contribution in [0.15, 0.2) is 44.2 Å². The summed E-state index contributed by atoms with van der Waals surface area (Å²) < 4.78 is 7.32. The number of likely N-dealkylation sites (tertiary alicyclic amines) is 1. The molecule has 0 saturated carbocycles. The minimum atomic E-state index is -0.688. The number of ether oxygens (including phenoxy) is 1. The third-order valence-electron chi connectivity index (χ3n) is 5.57. The van der Waals surface area contributed by atoms with E-state index in [0.29, 0.717) is 29.5 Å². The average Bonchev–Trinajstić information content (AvgIpc) is 2.72. The molecule has 0 bridgehead atoms. The molecule has 0 aliphatic carbocycles. The van der Waals surface area contributed by atoms with Gasteiger partial charge in [-0.2, -0.15) is 0 Å². The van der Waals surface area contributed by atoms with E-state index in [1.807, 2.05) is 37.3 Å². The Bertz CT molecular complexity index is 931. The number of carbonyl (C=O) groups is 1. The number of thioether (sulfide) groups is 1. The fourth-order valence-electron chi connectivity index (χ4n) is 3.94. The van der Waals surface area contributed by atoms with E-state index in [-0.39, 0.29) is 5.78 Å². The van der Waals surface area contributed by atoms with Crippen LogP contribution in [0.4, 0.5) is 0 Å². The van der Waals surface area contributed by atoms with Crippen molar-refractivity contribution in [3.05, 3.63) is 55.4 Å². The van der Waals surface area contributed by atoms with Crippen LogP contribution >= 0.6 is 55.2 Å². The van der Waals surface area contributed by atoms with Gasteiger partial charge in [-0.1, -0.05) is 34.0 Å². The number of halogens is 3. The van der Waals surface area contributed by atoms with E-state index in [0.717, 1.165) is 32.5 Å². The molecule has 2 heterocycles. The molecule has 7 heteroatoms. The molecule has 3 nitrogen and oxygen atoms in total. The summed E-state index contributed by atoms with van der Waals surface area (Å²) in [6.45, 7) is 5.10. The van der Waals surface area contributed by atoms with Crippen LogP contribution in [0, 0.1) is 6.92 Å². The van der Waals surface area contributed by atoms with Crippen molar-refractivity contribution in [1.82, 2.24) is 4.90 Å². The highest BCUT2D eigenvalue weighted by atomic mass is 79.9. The van der Waals surface area contributed by atoms with Crippen LogP contribution in [0.5, 0.6) is 5.75 Å². The zero-order valence-electron chi connectivity index (χ0n) is 16.1. The lowest BCUT2D eigenvalue weighted by Crippen LogP contribution is -2.53. The molecule has 2 aliphatic rings. The van der Waals surface area contributed by atoms with E-state index in [2.05, 4.69) is 36.8 Å². The van der Waals surface area contributed by atoms with Gasteiger partial charge in [-0.3, -0.25) is 4.79 Å². The Morgan fingerprint density at radius 2 is 1.86 bits per heavy atom. The summed E-state index contributed by atoms with van der Waals surface area (Å²) in [5.41, 5.74) is 1.67. The second kappa shape index (κ2) is 8.91. The van der Waals surface area contributed by atoms with Gasteiger partial charge in [0.15, 0.2) is 5.78 Å². The average molecular weight is 560 g/mol. The molecule has 0 amide bonds. The molecule has 2 aliphatic heterocycles. The van der Waals surface area contributed by atoms with Crippen molar-refractivity contribution in [3.8, 4) is 5.75 Å². The van der Waals surface area contributed by atoms with Crippen molar-refractivity contribution in [2.24, 2.45) is 0 Å². The molecule has 154 valence electrons. The molecule has 0 radical (unpaired) electrons. The zero-order chi connectivity index (χ0) is 20.6. The van der Waals surface area contributed by atoms with Gasteiger partial charge in [0, 0.05) is 20.9 Å². The third-order valence-corrected chi connectivity index (χ3v) is 8.93. The second-order valence-electron chi connectivity index (χ2n) is 7.68. The molecule has 1 unspecified atom stereocenters. The van der Waals surface area contributed by atoms with Gasteiger partial charge >= 0.3 is 0 Å². The maximum Gasteiger partial charge on any atom is 0.187 e. The minimum absolute atomic E-state index is 0.130. The molecule has 0 spiro atoms. The fraction of sp³-hybridized carbons (Fsp3) is 0.409. The highest BCUT2D eigenvalue weighted by molar-refractivity contribution is 9.11. The number of ketones is 1. The molecule has 2 aromatic carbocycles. The standard InChI is InChI=1S/C22H22Br2ClNO2S/c1-14-18(23)11-17-20(19(14)24)28-13-22(21(17)27,12-26-9-3-2-4-10-26)29-16-7-5-15(25)6-8-16/h5-8,11H,2-4,9-10,12-13H2,1H3. The van der Waals surface area contributed by atoms with Crippen LogP contribution in [0.1, 0.15) is 35.2 Å². The summed E-state index contributed by atoms with van der Waals surface area (Å²) in [6.07, 6.45) is 3.63. The van der Waals surface area contributed by atoms with Crippen LogP contribution < -0.4 is 4.74 Å². The van der Waals surface area contributed by atoms with Crippen LogP contribution in [0.3, 0.4) is 0 Å². The molecule has 1 atom stereocenters. The number of carbonyl (C=O) groups excluding carboxylic acids is 1. The van der Waals surface area contributed by atoms with E-state index in [4.69, 9.17) is 16.3 Å². The molecule has 0 N–H and O–H groups in total. The highest BCUT2D eigenvalue weighted by Gasteiger charge is 2.47. The van der Waals surface area contributed by atoms with Gasteiger partial charge in [0.1, 0.15) is 17.1 Å². The van der Waals surface area contributed by atoms with E-state index < -0.39 is 4.75 Å². The molecular formula is C22H22Br2ClNO2S. The maximum atomic E-state index is 13.9. The van der Waals surface area contributed by atoms with Gasteiger partial charge < -0.3 is 9.64 Å². The summed E-state index contributed by atoms with van der Waals surface area (Å²) in [5, 5.41) is 0.694. The Hall–Kier alpha value is -0.530. The van der Waals surface area contributed by atoms with Gasteiger partial charge in [-0.15, -0.1) is 11.8 Å². The van der Waals surface area contributed by atoms with E-state index in [9.17, 15) is 4.79 Å². The number of nitrogens with zero attached hydrogens (tertiary/aromatic N) is 1. The Kier molecular flexibility index (Phi) is 6.67. The summed E-state index contributed by atoms with van der Waals surface area (Å²) in [6, 6.07) is 9.61. The normalized spacial score (nSPS) is 22.3. The first kappa shape index (κ1) is 21.7. The zero-order valence-corrected chi connectivity index (χ0v) is 20.9. The van der Waals surface area contributed by atoms with E-state index in [1.54, 1.807) is 11.8 Å². The van der Waals surface area contributed by atoms with Crippen molar-refractivity contribution in [3.63, 3.8) is 0 Å². The lowest BCUT2D eigenvalue weighted by atomic mass is 9.92. The fourth-order valence-corrected chi connectivity index (χ4v) is 6.59. The Morgan fingerprint density at radius 1 is 1.17 bits per heavy atom. The van der Waals surface area contributed by atoms with E-state index in [1.165, 1.54) is 19.3 Å². The van der Waals surface area contributed by atoms with Gasteiger partial charge in [-0.05, 0) is 84.7 Å². The first-order valence-corrected chi connectivity index (χ1v) is 12.5. The highest BCUT2D eigenvalue weighted by Crippen LogP contribution is 2.47. The number of hydrogen-bond donors (Lipinski definition) is 0. The quantitative estimate of drug-likeness (QED) is 0.414. The predicted molar refractivity (Wildman–Crippen MR) is 127 cm³/mol. The molecule has 29 heavy (non-hydrogen) atoms. The largest absolute Gasteiger partial charge is 0.490 e. The molecule has 1 fully saturated rings. The third kappa shape index (κ3) is 4.42. The Morgan fingerprint density at radius 3 is 2.55 bits per heavy atom. The Labute approximate surface area is 197 Å². The van der Waals surface area contributed by atoms with E-state index >= 15 is 0 Å². The van der Waals surface area contributed by atoms with Gasteiger partial charge in [-0.25, -0.2) is 0 Å². The molecular weight excluding hydrogens is 538 g/mol. The first-order chi connectivity index (χ1) is 13.9. The summed E-state index contributed by atoms with van der Waals surface area (Å²) in [5.74, 6) is 0.785. The van der Waals surface area contributed by atoms with Crippen LogP contribution in [0.25, 0.3) is 0 Å². The molecule has 4 rings (SSSR count). The lowest BCUT2D eigenvalue weighted by molar-refractivity contribution is 0.0805. The lowest BCUT2D eigenvalue weighted by Gasteiger charge is -2.41. The number of Topliss-reactive ketones (excluding diaryl/α,β-unsaturated/α-hetero) is 1. The van der Waals surface area contributed by atoms with Gasteiger partial charge in [0.25, 0.3) is 0 Å². The maximum absolute atomic E-state index is 13.9. The van der Waals surface area contributed by atoms with Crippen LogP contribution in [-0.2, 0) is 0 Å². The van der Waals surface area contributed by atoms with Gasteiger partial charge in [0.2, 0.25) is 0 Å². The van der Waals surface area contributed by atoms with Crippen molar-refractivity contribution < 1.29 is 9.53 Å². The van der Waals surface area contributed by atoms with Crippen molar-refractivity contribution in [2.45, 2.75) is 35.8 Å². The SMILES string of the molecule is Cc1c(Br)cc2c(c1Br)OCC(CN1CCCCC1)(Sc1ccc(Cl)cc1)C2=O. The predicted octanol–water partition coefficient (Wildman–Crippen LogP) is 6.77. The van der Waals surface area contributed by atoms with Crippen molar-refractivity contribution in [2.75, 3.05) is 26.2 Å². The number of benzene rings is 2. The Balaban J connectivity index is 1.73. The van der Waals surface area contributed by atoms with Crippen LogP contribution in [0.2, 0.25) is 5.02 Å². The minimum Gasteiger partial charge on any atom is -0.490 e. The van der Waals surface area contributed by atoms with Gasteiger partial charge in [0.05, 0.1) is 10.0 Å². The molecule has 1 saturated heterocycles. The summed E-state index contributed by atoms with van der Waals surface area (Å²) in [4.78, 5) is 17.3. The number of fused-ring (bicyclic) bond motifs is 1. The van der Waals surface area contributed by atoms with Crippen molar-refractivity contribution in [1.29, 1.82) is 0 Å². The van der Waals surface area contributed by atoms with Crippen LogP contribution in [-0.4, -0.2) is 41.7 Å². The van der Waals surface area contributed by atoms with Crippen molar-refractivity contribution >= 4 is 61.0 Å². The summed E-state index contributed by atoms with van der Waals surface area (Å²) >= 11 is 14.9. The first-order valence-electron chi connectivity index (χ1n) is 9.73. The number of piperidine rings is 1. The number of rotatable bonds is 4. The number of hydrogen-bond acceptors (Lipinski definition) is 4. The monoisotopic (exact) mass is 557 g/mol. The molecule has 2 aromatic rings.